The maximum Gasteiger partial charge on any atom is 0.472 e. The average molecular weight is 1590 g/mol. The van der Waals surface area contributed by atoms with Crippen molar-refractivity contribution in [3.63, 3.8) is 0 Å². The molecule has 0 amide bonds. The fourth-order valence-electron chi connectivity index (χ4n) is 9.68. The normalized spacial score (nSPS) is 15.0. The molecule has 19 heteroatoms. The van der Waals surface area contributed by atoms with E-state index in [2.05, 4.69) is 216 Å². The molecule has 0 radical (unpaired) electrons. The van der Waals surface area contributed by atoms with Crippen molar-refractivity contribution in [2.45, 2.75) is 277 Å². The number of ether oxygens (including phenoxy) is 4. The van der Waals surface area contributed by atoms with Crippen molar-refractivity contribution >= 4 is 39.5 Å². The maximum absolute atomic E-state index is 13.1. The molecule has 0 spiro atoms. The summed E-state index contributed by atoms with van der Waals surface area (Å²) >= 11 is 0. The molecular weight excluding hydrogens is 1450 g/mol. The molecule has 0 fully saturated rings. The summed E-state index contributed by atoms with van der Waals surface area (Å²) in [5.74, 6) is -2.52. The van der Waals surface area contributed by atoms with Gasteiger partial charge in [0.2, 0.25) is 0 Å². The number of esters is 4. The molecule has 0 aliphatic rings. The summed E-state index contributed by atoms with van der Waals surface area (Å²) in [5.41, 5.74) is 0. The lowest BCUT2D eigenvalue weighted by atomic mass is 10.1. The number of hydrogen-bond acceptors (Lipinski definition) is 15. The van der Waals surface area contributed by atoms with Crippen LogP contribution in [-0.4, -0.2) is 96.7 Å². The predicted octanol–water partition coefficient (Wildman–Crippen LogP) is 24.8. The van der Waals surface area contributed by atoms with Crippen LogP contribution in [0, 0.1) is 0 Å². The Kier molecular flexibility index (Phi) is 76.6. The van der Waals surface area contributed by atoms with E-state index in [9.17, 15) is 43.2 Å². The second kappa shape index (κ2) is 81.9. The summed E-state index contributed by atoms with van der Waals surface area (Å²) in [6, 6.07) is 0. The first-order valence-corrected chi connectivity index (χ1v) is 44.3. The molecule has 0 aromatic carbocycles. The van der Waals surface area contributed by atoms with Gasteiger partial charge in [0.15, 0.2) is 12.2 Å². The van der Waals surface area contributed by atoms with Crippen LogP contribution in [0.3, 0.4) is 0 Å². The van der Waals surface area contributed by atoms with E-state index in [0.717, 1.165) is 141 Å². The van der Waals surface area contributed by atoms with Gasteiger partial charge in [0.1, 0.15) is 19.3 Å². The molecule has 0 rings (SSSR count). The van der Waals surface area contributed by atoms with Gasteiger partial charge in [-0.05, 0) is 173 Å². The van der Waals surface area contributed by atoms with Crippen LogP contribution in [0.4, 0.5) is 0 Å². The van der Waals surface area contributed by atoms with Gasteiger partial charge in [-0.2, -0.15) is 0 Å². The van der Waals surface area contributed by atoms with Crippen molar-refractivity contribution in [2.24, 2.45) is 0 Å². The topological polar surface area (TPSA) is 237 Å². The van der Waals surface area contributed by atoms with Crippen LogP contribution in [0.25, 0.3) is 0 Å². The highest BCUT2D eigenvalue weighted by Crippen LogP contribution is 2.45. The molecule has 2 unspecified atom stereocenters. The molecule has 112 heavy (non-hydrogen) atoms. The molecule has 0 aromatic rings. The van der Waals surface area contributed by atoms with Crippen LogP contribution in [-0.2, 0) is 65.4 Å². The Morgan fingerprint density at radius 3 is 0.768 bits per heavy atom. The number of aliphatic hydroxyl groups is 1. The van der Waals surface area contributed by atoms with Crippen LogP contribution in [0.1, 0.15) is 259 Å². The van der Waals surface area contributed by atoms with E-state index in [0.29, 0.717) is 44.9 Å². The Morgan fingerprint density at radius 1 is 0.259 bits per heavy atom. The molecule has 3 N–H and O–H groups in total. The number of hydrogen-bond donors (Lipinski definition) is 3. The molecule has 0 saturated heterocycles. The van der Waals surface area contributed by atoms with Crippen molar-refractivity contribution < 1.29 is 80.2 Å². The Balaban J connectivity index is 5.63. The Hall–Kier alpha value is -7.14. The van der Waals surface area contributed by atoms with Gasteiger partial charge in [-0.15, -0.1) is 0 Å². The van der Waals surface area contributed by atoms with Gasteiger partial charge in [-0.3, -0.25) is 37.3 Å². The number of phosphoric acid groups is 2. The molecule has 626 valence electrons. The van der Waals surface area contributed by atoms with Crippen molar-refractivity contribution in [1.82, 2.24) is 0 Å². The number of carbonyl (C=O) groups excluding carboxylic acids is 4. The molecular formula is C93H142O17P2. The number of unbranched alkanes of at least 4 members (excludes halogenated alkanes) is 8. The zero-order valence-electron chi connectivity index (χ0n) is 68.5. The van der Waals surface area contributed by atoms with Crippen LogP contribution in [0.5, 0.6) is 0 Å². The molecule has 0 aliphatic carbocycles. The molecule has 0 aliphatic heterocycles. The monoisotopic (exact) mass is 1590 g/mol. The van der Waals surface area contributed by atoms with Gasteiger partial charge in [-0.25, -0.2) is 9.13 Å². The Bertz CT molecular complexity index is 3090. The van der Waals surface area contributed by atoms with Gasteiger partial charge < -0.3 is 33.8 Å². The standard InChI is InChI=1S/C93H142O17P2/c1-5-9-13-17-21-25-29-33-37-40-43-46-50-53-57-61-65-69-73-77-90(95)103-83-88(109-92(97)79-75-71-67-63-59-55-49-36-32-28-24-20-16-12-8-4)85-107-111(99,100)105-81-87(94)82-106-112(101,102)108-86-89(110-93(98)80-76-72-68-64-60-56-52-48-45-42-39-35-31-27-23-19-15-11-7-3)84-104-91(96)78-74-70-66-62-58-54-51-47-44-41-38-34-30-26-22-18-14-10-6-2/h9-11,13-15,21-28,33-39,43-49,53-54,56-58,60,65-66,68-70,72,87-89,94H,5-8,12,16-20,29-32,40-42,50-52,55,59,61-64,67,71,73-86H2,1-4H3,(H,99,100)(H,101,102)/b13-9-,14-10-,15-11-,25-21-,26-22-,27-23-,28-24-,37-33-,38-34-,39-35-,46-43-,47-44-,48-45-,49-36-,57-53-,58-54-,60-56-,69-65-,70-66-,72-68-/t87-,88+,89+/m0/s1. The van der Waals surface area contributed by atoms with Crippen LogP contribution in [0.2, 0.25) is 0 Å². The van der Waals surface area contributed by atoms with Crippen LogP contribution in [0.15, 0.2) is 243 Å². The van der Waals surface area contributed by atoms with Gasteiger partial charge in [0.05, 0.1) is 26.4 Å². The summed E-state index contributed by atoms with van der Waals surface area (Å²) in [6.45, 7) is 4.18. The summed E-state index contributed by atoms with van der Waals surface area (Å²) in [6.07, 6.45) is 107. The van der Waals surface area contributed by atoms with E-state index in [1.807, 2.05) is 54.7 Å². The predicted molar refractivity (Wildman–Crippen MR) is 463 cm³/mol. The van der Waals surface area contributed by atoms with Crippen LogP contribution < -0.4 is 0 Å². The van der Waals surface area contributed by atoms with Gasteiger partial charge in [0, 0.05) is 25.7 Å². The summed E-state index contributed by atoms with van der Waals surface area (Å²) in [5, 5.41) is 10.7. The highest BCUT2D eigenvalue weighted by molar-refractivity contribution is 7.47. The minimum absolute atomic E-state index is 0.00718. The number of rotatable bonds is 74. The van der Waals surface area contributed by atoms with E-state index in [1.165, 1.54) is 19.3 Å². The third-order valence-electron chi connectivity index (χ3n) is 15.8. The number of carbonyl (C=O) groups is 4. The second-order valence-electron chi connectivity index (χ2n) is 26.2. The minimum atomic E-state index is -5.04. The van der Waals surface area contributed by atoms with E-state index >= 15 is 0 Å². The highest BCUT2D eigenvalue weighted by Gasteiger charge is 2.30. The zero-order chi connectivity index (χ0) is 81.7. The Labute approximate surface area is 676 Å². The number of aliphatic hydroxyl groups excluding tert-OH is 1. The first-order chi connectivity index (χ1) is 54.7. The van der Waals surface area contributed by atoms with E-state index in [-0.39, 0.29) is 25.7 Å². The summed E-state index contributed by atoms with van der Waals surface area (Å²) < 4.78 is 68.4. The third kappa shape index (κ3) is 80.9. The van der Waals surface area contributed by atoms with Crippen molar-refractivity contribution in [2.75, 3.05) is 39.6 Å². The first kappa shape index (κ1) is 105. The number of allylic oxidation sites excluding steroid dienone is 40. The smallest absolute Gasteiger partial charge is 0.462 e. The summed E-state index contributed by atoms with van der Waals surface area (Å²) in [4.78, 5) is 73.1. The van der Waals surface area contributed by atoms with Crippen LogP contribution >= 0.6 is 15.6 Å². The molecule has 5 atom stereocenters. The Morgan fingerprint density at radius 2 is 0.482 bits per heavy atom. The fraction of sp³-hybridized carbons (Fsp3) is 0.527. The lowest BCUT2D eigenvalue weighted by Crippen LogP contribution is -2.30. The molecule has 0 heterocycles. The minimum Gasteiger partial charge on any atom is -0.462 e. The lowest BCUT2D eigenvalue weighted by molar-refractivity contribution is -0.161. The molecule has 0 saturated carbocycles. The quantitative estimate of drug-likeness (QED) is 0.0169. The highest BCUT2D eigenvalue weighted by atomic mass is 31.2. The molecule has 0 aromatic heterocycles. The van der Waals surface area contributed by atoms with Crippen molar-refractivity contribution in [1.29, 1.82) is 0 Å². The van der Waals surface area contributed by atoms with Crippen molar-refractivity contribution in [3.05, 3.63) is 243 Å². The van der Waals surface area contributed by atoms with Gasteiger partial charge in [-0.1, -0.05) is 303 Å². The second-order valence-corrected chi connectivity index (χ2v) is 29.1. The maximum atomic E-state index is 13.1. The first-order valence-electron chi connectivity index (χ1n) is 41.3. The fourth-order valence-corrected chi connectivity index (χ4v) is 11.3. The van der Waals surface area contributed by atoms with E-state index < -0.39 is 97.5 Å². The number of phosphoric ester groups is 2. The van der Waals surface area contributed by atoms with Gasteiger partial charge >= 0.3 is 39.5 Å². The SMILES string of the molecule is CC/C=C\C/C=C\C/C=C\C/C=C\C/C=C\C/C=C\CCC(=O)OC[C@H](COP(=O)(O)OC[C@@H](O)COP(=O)(O)OC[C@@H](COC(=O)CC/C=C\C/C=C\C/C=C\C/C=C\C/C=C\C/C=C\CC)OC(=O)CCCCCCC/C=C\C/C=C\CCCCC)OC(=O)CC/C=C\C/C=C\C/C=C\C/C=C\C/C=C\C/C=C\CC. The lowest BCUT2D eigenvalue weighted by Gasteiger charge is -2.21. The van der Waals surface area contributed by atoms with E-state index in [4.69, 9.17) is 37.0 Å². The zero-order valence-corrected chi connectivity index (χ0v) is 70.3. The average Bonchev–Trinajstić information content (AvgIpc) is 0.898. The third-order valence-corrected chi connectivity index (χ3v) is 17.7. The van der Waals surface area contributed by atoms with Crippen molar-refractivity contribution in [3.8, 4) is 0 Å². The van der Waals surface area contributed by atoms with E-state index in [1.54, 1.807) is 0 Å². The van der Waals surface area contributed by atoms with Gasteiger partial charge in [0.25, 0.3) is 0 Å². The molecule has 0 bridgehead atoms. The molecule has 17 nitrogen and oxygen atoms in total. The summed E-state index contributed by atoms with van der Waals surface area (Å²) in [7, 11) is -10.1. The largest absolute Gasteiger partial charge is 0.472 e.